The van der Waals surface area contributed by atoms with Crippen molar-refractivity contribution in [1.82, 2.24) is 20.3 Å². The Balaban J connectivity index is 1.36. The van der Waals surface area contributed by atoms with E-state index in [9.17, 15) is 4.79 Å². The van der Waals surface area contributed by atoms with Crippen LogP contribution in [0.4, 0.5) is 11.5 Å². The van der Waals surface area contributed by atoms with Gasteiger partial charge in [-0.2, -0.15) is 0 Å². The van der Waals surface area contributed by atoms with Crippen LogP contribution < -0.4 is 15.5 Å². The number of carbonyl (C=O) groups is 1. The Morgan fingerprint density at radius 3 is 3.00 bits per heavy atom. The molecular formula is C19H22N6O. The number of hydrogen-bond donors (Lipinski definition) is 3. The lowest BCUT2D eigenvalue weighted by atomic mass is 10.1. The van der Waals surface area contributed by atoms with Crippen LogP contribution in [0.25, 0.3) is 11.0 Å². The van der Waals surface area contributed by atoms with Gasteiger partial charge in [0.25, 0.3) is 0 Å². The van der Waals surface area contributed by atoms with Crippen molar-refractivity contribution in [3.8, 4) is 0 Å². The summed E-state index contributed by atoms with van der Waals surface area (Å²) in [7, 11) is 0. The van der Waals surface area contributed by atoms with Gasteiger partial charge in [-0.1, -0.05) is 18.2 Å². The Kier molecular flexibility index (Phi) is 4.68. The highest BCUT2D eigenvalue weighted by molar-refractivity contribution is 5.87. The maximum atomic E-state index is 12.3. The van der Waals surface area contributed by atoms with Crippen molar-refractivity contribution >= 4 is 28.4 Å². The number of nitrogens with one attached hydrogen (secondary N) is 3. The van der Waals surface area contributed by atoms with Crippen LogP contribution in [0.1, 0.15) is 12.8 Å². The number of amides is 1. The molecule has 1 aliphatic heterocycles. The molecule has 1 amide bonds. The number of aromatic amines is 1. The second kappa shape index (κ2) is 7.43. The number of carbonyl (C=O) groups excluding carboxylic acids is 1. The molecule has 4 rings (SSSR count). The minimum atomic E-state index is 0.00943. The number of H-pyrrole nitrogens is 1. The monoisotopic (exact) mass is 350 g/mol. The third-order valence-electron chi connectivity index (χ3n) is 4.65. The van der Waals surface area contributed by atoms with Crippen molar-refractivity contribution in [2.75, 3.05) is 29.9 Å². The molecule has 0 spiro atoms. The Morgan fingerprint density at radius 1 is 1.23 bits per heavy atom. The topological polar surface area (TPSA) is 85.9 Å². The number of para-hydroxylation sites is 1. The second-order valence-corrected chi connectivity index (χ2v) is 6.51. The van der Waals surface area contributed by atoms with Gasteiger partial charge in [0, 0.05) is 31.0 Å². The molecule has 7 heteroatoms. The van der Waals surface area contributed by atoms with Gasteiger partial charge in [-0.05, 0) is 31.0 Å². The first-order valence-corrected chi connectivity index (χ1v) is 8.91. The molecule has 0 aliphatic carbocycles. The van der Waals surface area contributed by atoms with Crippen LogP contribution in [-0.2, 0) is 4.79 Å². The lowest BCUT2D eigenvalue weighted by molar-refractivity contribution is -0.120. The highest BCUT2D eigenvalue weighted by atomic mass is 16.2. The first-order valence-electron chi connectivity index (χ1n) is 8.91. The van der Waals surface area contributed by atoms with Crippen molar-refractivity contribution in [2.24, 2.45) is 0 Å². The maximum absolute atomic E-state index is 12.3. The van der Waals surface area contributed by atoms with E-state index in [0.717, 1.165) is 48.5 Å². The van der Waals surface area contributed by atoms with Crippen LogP contribution in [0.15, 0.2) is 48.9 Å². The predicted octanol–water partition coefficient (Wildman–Crippen LogP) is 2.15. The second-order valence-electron chi connectivity index (χ2n) is 6.51. The predicted molar refractivity (Wildman–Crippen MR) is 102 cm³/mol. The molecule has 1 saturated heterocycles. The molecule has 3 heterocycles. The van der Waals surface area contributed by atoms with Crippen molar-refractivity contribution in [1.29, 1.82) is 0 Å². The van der Waals surface area contributed by atoms with Crippen molar-refractivity contribution in [3.05, 3.63) is 48.9 Å². The van der Waals surface area contributed by atoms with Gasteiger partial charge in [-0.3, -0.25) is 4.79 Å². The number of aromatic nitrogens is 3. The lowest BCUT2D eigenvalue weighted by Gasteiger charge is -2.34. The van der Waals surface area contributed by atoms with Gasteiger partial charge in [0.05, 0.1) is 11.9 Å². The van der Waals surface area contributed by atoms with Crippen molar-refractivity contribution < 1.29 is 4.79 Å². The molecular weight excluding hydrogens is 328 g/mol. The fraction of sp³-hybridized carbons (Fsp3) is 0.316. The molecule has 26 heavy (non-hydrogen) atoms. The van der Waals surface area contributed by atoms with Gasteiger partial charge < -0.3 is 20.5 Å². The molecule has 1 aliphatic rings. The van der Waals surface area contributed by atoms with Crippen LogP contribution in [-0.4, -0.2) is 46.5 Å². The average Bonchev–Trinajstić information content (AvgIpc) is 3.16. The SMILES string of the molecule is O=C(CNc1ccccc1)N[C@H]1CCCN(c2ncnc3[nH]ccc23)C1. The molecule has 3 N–H and O–H groups in total. The smallest absolute Gasteiger partial charge is 0.239 e. The zero-order chi connectivity index (χ0) is 17.8. The Morgan fingerprint density at radius 2 is 2.12 bits per heavy atom. The summed E-state index contributed by atoms with van der Waals surface area (Å²) < 4.78 is 0. The van der Waals surface area contributed by atoms with E-state index in [1.807, 2.05) is 42.6 Å². The lowest BCUT2D eigenvalue weighted by Crippen LogP contribution is -2.49. The van der Waals surface area contributed by atoms with E-state index in [4.69, 9.17) is 0 Å². The van der Waals surface area contributed by atoms with Gasteiger partial charge in [-0.15, -0.1) is 0 Å². The summed E-state index contributed by atoms with van der Waals surface area (Å²) in [5.74, 6) is 0.938. The first kappa shape index (κ1) is 16.4. The van der Waals surface area contributed by atoms with E-state index in [1.165, 1.54) is 0 Å². The van der Waals surface area contributed by atoms with Gasteiger partial charge in [-0.25, -0.2) is 9.97 Å². The molecule has 1 aromatic carbocycles. The normalized spacial score (nSPS) is 17.2. The maximum Gasteiger partial charge on any atom is 0.239 e. The number of fused-ring (bicyclic) bond motifs is 1. The third-order valence-corrected chi connectivity index (χ3v) is 4.65. The highest BCUT2D eigenvalue weighted by Gasteiger charge is 2.23. The number of hydrogen-bond acceptors (Lipinski definition) is 5. The number of rotatable bonds is 5. The summed E-state index contributed by atoms with van der Waals surface area (Å²) >= 11 is 0. The minimum absolute atomic E-state index is 0.00943. The summed E-state index contributed by atoms with van der Waals surface area (Å²) in [4.78, 5) is 26.3. The zero-order valence-corrected chi connectivity index (χ0v) is 14.5. The molecule has 0 unspecified atom stereocenters. The summed E-state index contributed by atoms with van der Waals surface area (Å²) in [6.45, 7) is 1.97. The Hall–Kier alpha value is -3.09. The van der Waals surface area contributed by atoms with E-state index in [0.29, 0.717) is 0 Å². The largest absolute Gasteiger partial charge is 0.376 e. The van der Waals surface area contributed by atoms with E-state index >= 15 is 0 Å². The van der Waals surface area contributed by atoms with Gasteiger partial charge in [0.2, 0.25) is 5.91 Å². The molecule has 3 aromatic rings. The van der Waals surface area contributed by atoms with Crippen LogP contribution in [0, 0.1) is 0 Å². The average molecular weight is 350 g/mol. The summed E-state index contributed by atoms with van der Waals surface area (Å²) in [5.41, 5.74) is 1.79. The Labute approximate surface area is 151 Å². The van der Waals surface area contributed by atoms with Crippen molar-refractivity contribution in [3.63, 3.8) is 0 Å². The third kappa shape index (κ3) is 3.61. The molecule has 0 saturated carbocycles. The molecule has 0 bridgehead atoms. The van der Waals surface area contributed by atoms with E-state index in [1.54, 1.807) is 6.33 Å². The van der Waals surface area contributed by atoms with E-state index in [-0.39, 0.29) is 18.5 Å². The summed E-state index contributed by atoms with van der Waals surface area (Å²) in [5, 5.41) is 7.30. The molecule has 1 fully saturated rings. The van der Waals surface area contributed by atoms with Gasteiger partial charge in [0.15, 0.2) is 0 Å². The number of anilines is 2. The van der Waals surface area contributed by atoms with E-state index in [2.05, 4.69) is 30.5 Å². The quantitative estimate of drug-likeness (QED) is 0.656. The van der Waals surface area contributed by atoms with Crippen LogP contribution in [0.3, 0.4) is 0 Å². The highest BCUT2D eigenvalue weighted by Crippen LogP contribution is 2.24. The summed E-state index contributed by atoms with van der Waals surface area (Å²) in [6, 6.07) is 11.9. The number of nitrogens with zero attached hydrogens (tertiary/aromatic N) is 3. The van der Waals surface area contributed by atoms with Crippen LogP contribution in [0.2, 0.25) is 0 Å². The fourth-order valence-electron chi connectivity index (χ4n) is 3.42. The van der Waals surface area contributed by atoms with E-state index < -0.39 is 0 Å². The number of benzene rings is 1. The Bertz CT molecular complexity index is 878. The molecule has 2 aromatic heterocycles. The number of piperidine rings is 1. The molecule has 0 radical (unpaired) electrons. The zero-order valence-electron chi connectivity index (χ0n) is 14.5. The summed E-state index contributed by atoms with van der Waals surface area (Å²) in [6.07, 6.45) is 5.46. The van der Waals surface area contributed by atoms with Crippen LogP contribution in [0.5, 0.6) is 0 Å². The van der Waals surface area contributed by atoms with Gasteiger partial charge in [0.1, 0.15) is 17.8 Å². The van der Waals surface area contributed by atoms with Crippen molar-refractivity contribution in [2.45, 2.75) is 18.9 Å². The minimum Gasteiger partial charge on any atom is -0.376 e. The fourth-order valence-corrected chi connectivity index (χ4v) is 3.42. The first-order chi connectivity index (χ1) is 12.8. The van der Waals surface area contributed by atoms with Crippen LogP contribution >= 0.6 is 0 Å². The molecule has 1 atom stereocenters. The molecule has 7 nitrogen and oxygen atoms in total. The molecule has 134 valence electrons. The van der Waals surface area contributed by atoms with Gasteiger partial charge >= 0.3 is 0 Å². The standard InChI is InChI=1S/C19H22N6O/c26-17(11-21-14-5-2-1-3-6-14)24-15-7-4-10-25(12-15)19-16-8-9-20-18(16)22-13-23-19/h1-3,5-6,8-9,13,15,21H,4,7,10-12H2,(H,24,26)(H,20,22,23)/t15-/m0/s1.